The standard InChI is InChI=1S/C17H29N3O2S/c1-14(2)6-5-11-19-17(18-3)20-12-15-7-9-16(10-8-15)13-23(4,21)22/h7-10,14H,5-6,11-13H2,1-4H3,(H2,18,19,20). The zero-order chi connectivity index (χ0) is 17.3. The van der Waals surface area contributed by atoms with Crippen molar-refractivity contribution in [3.8, 4) is 0 Å². The molecule has 0 aliphatic carbocycles. The Labute approximate surface area is 140 Å². The van der Waals surface area contributed by atoms with Crippen LogP contribution in [-0.4, -0.2) is 34.2 Å². The van der Waals surface area contributed by atoms with Crippen molar-refractivity contribution in [2.45, 2.75) is 39.0 Å². The van der Waals surface area contributed by atoms with Crippen LogP contribution in [0.25, 0.3) is 0 Å². The van der Waals surface area contributed by atoms with Crippen molar-refractivity contribution in [1.29, 1.82) is 0 Å². The Bertz CT molecular complexity index is 593. The molecule has 0 spiro atoms. The lowest BCUT2D eigenvalue weighted by molar-refractivity contribution is 0.549. The summed E-state index contributed by atoms with van der Waals surface area (Å²) in [6.45, 7) is 6.01. The van der Waals surface area contributed by atoms with Gasteiger partial charge in [-0.25, -0.2) is 8.42 Å². The first-order valence-corrected chi connectivity index (χ1v) is 10.1. The van der Waals surface area contributed by atoms with Gasteiger partial charge in [0, 0.05) is 26.4 Å². The van der Waals surface area contributed by atoms with E-state index in [9.17, 15) is 8.42 Å². The van der Waals surface area contributed by atoms with E-state index >= 15 is 0 Å². The lowest BCUT2D eigenvalue weighted by Gasteiger charge is -2.12. The van der Waals surface area contributed by atoms with Gasteiger partial charge in [0.1, 0.15) is 0 Å². The highest BCUT2D eigenvalue weighted by Gasteiger charge is 2.04. The van der Waals surface area contributed by atoms with Crippen LogP contribution in [0.3, 0.4) is 0 Å². The third kappa shape index (κ3) is 9.23. The number of hydrogen-bond donors (Lipinski definition) is 2. The van der Waals surface area contributed by atoms with E-state index < -0.39 is 9.84 Å². The van der Waals surface area contributed by atoms with Crippen LogP contribution in [0.2, 0.25) is 0 Å². The summed E-state index contributed by atoms with van der Waals surface area (Å²) in [6.07, 6.45) is 3.57. The summed E-state index contributed by atoms with van der Waals surface area (Å²) in [5.41, 5.74) is 1.90. The van der Waals surface area contributed by atoms with Gasteiger partial charge in [-0.15, -0.1) is 0 Å². The second-order valence-corrected chi connectivity index (χ2v) is 8.42. The van der Waals surface area contributed by atoms with Crippen LogP contribution in [-0.2, 0) is 22.1 Å². The van der Waals surface area contributed by atoms with E-state index in [4.69, 9.17) is 0 Å². The lowest BCUT2D eigenvalue weighted by atomic mass is 10.1. The van der Waals surface area contributed by atoms with Crippen LogP contribution in [0, 0.1) is 5.92 Å². The molecular weight excluding hydrogens is 310 g/mol. The summed E-state index contributed by atoms with van der Waals surface area (Å²) in [5.74, 6) is 1.59. The first-order valence-electron chi connectivity index (χ1n) is 8.00. The second-order valence-electron chi connectivity index (χ2n) is 6.28. The number of sulfone groups is 1. The van der Waals surface area contributed by atoms with Crippen LogP contribution >= 0.6 is 0 Å². The summed E-state index contributed by atoms with van der Waals surface area (Å²) < 4.78 is 22.5. The zero-order valence-corrected chi connectivity index (χ0v) is 15.4. The summed E-state index contributed by atoms with van der Waals surface area (Å²) in [6, 6.07) is 7.60. The molecule has 5 nitrogen and oxygen atoms in total. The molecule has 0 atom stereocenters. The first-order chi connectivity index (χ1) is 10.8. The van der Waals surface area contributed by atoms with Gasteiger partial charge < -0.3 is 10.6 Å². The molecule has 130 valence electrons. The minimum atomic E-state index is -2.98. The number of nitrogens with zero attached hydrogens (tertiary/aromatic N) is 1. The van der Waals surface area contributed by atoms with Crippen molar-refractivity contribution in [3.63, 3.8) is 0 Å². The highest BCUT2D eigenvalue weighted by molar-refractivity contribution is 7.89. The molecule has 0 fully saturated rings. The van der Waals surface area contributed by atoms with E-state index in [1.54, 1.807) is 7.05 Å². The molecule has 1 rings (SSSR count). The minimum absolute atomic E-state index is 0.0831. The van der Waals surface area contributed by atoms with E-state index in [0.717, 1.165) is 36.0 Å². The van der Waals surface area contributed by atoms with Gasteiger partial charge in [0.2, 0.25) is 0 Å². The van der Waals surface area contributed by atoms with Gasteiger partial charge in [-0.1, -0.05) is 38.1 Å². The van der Waals surface area contributed by atoms with Gasteiger partial charge in [-0.3, -0.25) is 4.99 Å². The topological polar surface area (TPSA) is 70.6 Å². The van der Waals surface area contributed by atoms with Crippen molar-refractivity contribution in [2.24, 2.45) is 10.9 Å². The molecular formula is C17H29N3O2S. The fraction of sp³-hybridized carbons (Fsp3) is 0.588. The fourth-order valence-electron chi connectivity index (χ4n) is 2.18. The van der Waals surface area contributed by atoms with Crippen molar-refractivity contribution in [1.82, 2.24) is 10.6 Å². The SMILES string of the molecule is CN=C(NCCCC(C)C)NCc1ccc(CS(C)(=O)=O)cc1. The number of hydrogen-bond acceptors (Lipinski definition) is 3. The van der Waals surface area contributed by atoms with Gasteiger partial charge in [0.05, 0.1) is 5.75 Å². The maximum absolute atomic E-state index is 11.3. The number of rotatable bonds is 8. The third-order valence-electron chi connectivity index (χ3n) is 3.39. The quantitative estimate of drug-likeness (QED) is 0.433. The molecule has 2 N–H and O–H groups in total. The Morgan fingerprint density at radius 1 is 1.13 bits per heavy atom. The van der Waals surface area contributed by atoms with Crippen LogP contribution in [0.4, 0.5) is 0 Å². The monoisotopic (exact) mass is 339 g/mol. The smallest absolute Gasteiger partial charge is 0.191 e. The molecule has 0 aromatic heterocycles. The average molecular weight is 340 g/mol. The molecule has 0 radical (unpaired) electrons. The molecule has 1 aromatic carbocycles. The molecule has 1 aromatic rings. The predicted molar refractivity (Wildman–Crippen MR) is 97.3 cm³/mol. The summed E-state index contributed by atoms with van der Waals surface area (Å²) in [4.78, 5) is 4.20. The molecule has 0 saturated heterocycles. The number of nitrogens with one attached hydrogen (secondary N) is 2. The van der Waals surface area contributed by atoms with E-state index in [1.807, 2.05) is 24.3 Å². The van der Waals surface area contributed by atoms with Crippen molar-refractivity contribution in [2.75, 3.05) is 19.8 Å². The summed E-state index contributed by atoms with van der Waals surface area (Å²) in [7, 11) is -1.23. The number of aliphatic imine (C=N–C) groups is 1. The van der Waals surface area contributed by atoms with Crippen molar-refractivity contribution >= 4 is 15.8 Å². The fourth-order valence-corrected chi connectivity index (χ4v) is 2.98. The molecule has 0 aliphatic heterocycles. The Balaban J connectivity index is 2.40. The molecule has 0 amide bonds. The summed E-state index contributed by atoms with van der Waals surface area (Å²) in [5, 5.41) is 6.56. The highest BCUT2D eigenvalue weighted by Crippen LogP contribution is 2.07. The predicted octanol–water partition coefficient (Wildman–Crippen LogP) is 2.33. The molecule has 0 heterocycles. The lowest BCUT2D eigenvalue weighted by Crippen LogP contribution is -2.37. The maximum atomic E-state index is 11.3. The van der Waals surface area contributed by atoms with Crippen molar-refractivity contribution in [3.05, 3.63) is 35.4 Å². The first kappa shape index (κ1) is 19.5. The van der Waals surface area contributed by atoms with Gasteiger partial charge >= 0.3 is 0 Å². The Hall–Kier alpha value is -1.56. The Morgan fingerprint density at radius 3 is 2.26 bits per heavy atom. The van der Waals surface area contributed by atoms with Crippen LogP contribution in [0.5, 0.6) is 0 Å². The van der Waals surface area contributed by atoms with E-state index in [1.165, 1.54) is 12.7 Å². The Kier molecular flexibility index (Phi) is 8.09. The van der Waals surface area contributed by atoms with Gasteiger partial charge in [-0.05, 0) is 29.9 Å². The molecule has 0 bridgehead atoms. The summed E-state index contributed by atoms with van der Waals surface area (Å²) >= 11 is 0. The van der Waals surface area contributed by atoms with Crippen LogP contribution in [0.15, 0.2) is 29.3 Å². The van der Waals surface area contributed by atoms with Crippen LogP contribution < -0.4 is 10.6 Å². The molecule has 0 unspecified atom stereocenters. The van der Waals surface area contributed by atoms with E-state index in [0.29, 0.717) is 6.54 Å². The minimum Gasteiger partial charge on any atom is -0.356 e. The van der Waals surface area contributed by atoms with E-state index in [2.05, 4.69) is 29.5 Å². The Morgan fingerprint density at radius 2 is 1.74 bits per heavy atom. The molecule has 0 saturated carbocycles. The third-order valence-corrected chi connectivity index (χ3v) is 4.24. The average Bonchev–Trinajstić information content (AvgIpc) is 2.46. The van der Waals surface area contributed by atoms with Gasteiger partial charge in [-0.2, -0.15) is 0 Å². The largest absolute Gasteiger partial charge is 0.356 e. The molecule has 0 aliphatic rings. The maximum Gasteiger partial charge on any atom is 0.191 e. The second kappa shape index (κ2) is 9.55. The zero-order valence-electron chi connectivity index (χ0n) is 14.6. The van der Waals surface area contributed by atoms with Gasteiger partial charge in [0.25, 0.3) is 0 Å². The van der Waals surface area contributed by atoms with Gasteiger partial charge in [0.15, 0.2) is 15.8 Å². The normalized spacial score (nSPS) is 12.5. The van der Waals surface area contributed by atoms with E-state index in [-0.39, 0.29) is 5.75 Å². The molecule has 23 heavy (non-hydrogen) atoms. The highest BCUT2D eigenvalue weighted by atomic mass is 32.2. The van der Waals surface area contributed by atoms with Crippen LogP contribution in [0.1, 0.15) is 37.8 Å². The van der Waals surface area contributed by atoms with Crippen molar-refractivity contribution < 1.29 is 8.42 Å². The number of benzene rings is 1. The molecule has 6 heteroatoms. The number of guanidine groups is 1.